The highest BCUT2D eigenvalue weighted by molar-refractivity contribution is 6.39. The minimum absolute atomic E-state index is 0.317. The lowest BCUT2D eigenvalue weighted by Crippen LogP contribution is -2.35. The average Bonchev–Trinajstić information content (AvgIpc) is 2.61. The van der Waals surface area contributed by atoms with Gasteiger partial charge < -0.3 is 20.1 Å². The van der Waals surface area contributed by atoms with Gasteiger partial charge in [0.2, 0.25) is 0 Å². The maximum Gasteiger partial charge on any atom is 0.313 e. The van der Waals surface area contributed by atoms with Gasteiger partial charge in [-0.2, -0.15) is 0 Å². The van der Waals surface area contributed by atoms with Gasteiger partial charge in [-0.15, -0.1) is 0 Å². The molecule has 0 atom stereocenters. The number of amides is 2. The average molecular weight is 348 g/mol. The molecule has 2 aromatic carbocycles. The van der Waals surface area contributed by atoms with Gasteiger partial charge in [0.15, 0.2) is 11.5 Å². The molecular formula is C17H14F2N2O4. The number of benzene rings is 2. The van der Waals surface area contributed by atoms with Crippen molar-refractivity contribution in [2.24, 2.45) is 0 Å². The summed E-state index contributed by atoms with van der Waals surface area (Å²) in [6, 6.07) is 8.03. The Hall–Kier alpha value is -3.16. The van der Waals surface area contributed by atoms with Gasteiger partial charge in [-0.25, -0.2) is 8.78 Å². The molecule has 1 aliphatic rings. The molecule has 3 rings (SSSR count). The van der Waals surface area contributed by atoms with E-state index < -0.39 is 30.0 Å². The Kier molecular flexibility index (Phi) is 4.78. The van der Waals surface area contributed by atoms with Gasteiger partial charge >= 0.3 is 11.8 Å². The summed E-state index contributed by atoms with van der Waals surface area (Å²) < 4.78 is 37.7. The molecule has 1 aliphatic heterocycles. The molecular weight excluding hydrogens is 334 g/mol. The normalized spacial score (nSPS) is 12.4. The van der Waals surface area contributed by atoms with Crippen molar-refractivity contribution in [1.29, 1.82) is 0 Å². The van der Waals surface area contributed by atoms with Gasteiger partial charge in [0.1, 0.15) is 24.8 Å². The Bertz CT molecular complexity index is 806. The molecule has 0 saturated carbocycles. The highest BCUT2D eigenvalue weighted by atomic mass is 19.1. The van der Waals surface area contributed by atoms with E-state index in [9.17, 15) is 18.4 Å². The largest absolute Gasteiger partial charge is 0.486 e. The quantitative estimate of drug-likeness (QED) is 0.832. The smallest absolute Gasteiger partial charge is 0.313 e. The molecule has 0 radical (unpaired) electrons. The second kappa shape index (κ2) is 7.16. The van der Waals surface area contributed by atoms with Crippen LogP contribution in [0.15, 0.2) is 36.4 Å². The molecule has 8 heteroatoms. The monoisotopic (exact) mass is 348 g/mol. The lowest BCUT2D eigenvalue weighted by Gasteiger charge is -2.18. The molecule has 0 aliphatic carbocycles. The number of ether oxygens (including phenoxy) is 2. The topological polar surface area (TPSA) is 76.7 Å². The van der Waals surface area contributed by atoms with Gasteiger partial charge in [0.25, 0.3) is 0 Å². The van der Waals surface area contributed by atoms with E-state index >= 15 is 0 Å². The van der Waals surface area contributed by atoms with E-state index in [-0.39, 0.29) is 5.56 Å². The van der Waals surface area contributed by atoms with Crippen molar-refractivity contribution in [3.8, 4) is 11.5 Å². The first-order valence-electron chi connectivity index (χ1n) is 7.46. The van der Waals surface area contributed by atoms with E-state index in [1.807, 2.05) is 0 Å². The van der Waals surface area contributed by atoms with Crippen molar-refractivity contribution < 1.29 is 27.8 Å². The first-order valence-corrected chi connectivity index (χ1v) is 7.46. The van der Waals surface area contributed by atoms with Crippen LogP contribution in [-0.2, 0) is 16.1 Å². The van der Waals surface area contributed by atoms with E-state index in [4.69, 9.17) is 9.47 Å². The molecule has 2 aromatic rings. The van der Waals surface area contributed by atoms with Crippen molar-refractivity contribution in [1.82, 2.24) is 5.32 Å². The van der Waals surface area contributed by atoms with Crippen LogP contribution in [0.2, 0.25) is 0 Å². The van der Waals surface area contributed by atoms with Crippen LogP contribution in [0, 0.1) is 11.6 Å². The third-order valence-corrected chi connectivity index (χ3v) is 3.49. The van der Waals surface area contributed by atoms with Gasteiger partial charge in [-0.1, -0.05) is 6.07 Å². The summed E-state index contributed by atoms with van der Waals surface area (Å²) in [6.07, 6.45) is 0. The second-order valence-corrected chi connectivity index (χ2v) is 5.20. The van der Waals surface area contributed by atoms with Crippen LogP contribution in [0.3, 0.4) is 0 Å². The molecule has 0 aromatic heterocycles. The first kappa shape index (κ1) is 16.7. The van der Waals surface area contributed by atoms with Gasteiger partial charge in [-0.05, 0) is 24.3 Å². The minimum atomic E-state index is -1.02. The van der Waals surface area contributed by atoms with Crippen LogP contribution < -0.4 is 20.1 Å². The summed E-state index contributed by atoms with van der Waals surface area (Å²) in [7, 11) is 0. The van der Waals surface area contributed by atoms with Gasteiger partial charge in [0.05, 0.1) is 0 Å². The number of nitrogens with one attached hydrogen (secondary N) is 2. The summed E-state index contributed by atoms with van der Waals surface area (Å²) in [4.78, 5) is 23.7. The molecule has 0 bridgehead atoms. The molecule has 0 unspecified atom stereocenters. The Morgan fingerprint density at radius 3 is 2.36 bits per heavy atom. The fourth-order valence-electron chi connectivity index (χ4n) is 2.26. The lowest BCUT2D eigenvalue weighted by atomic mass is 10.2. The summed E-state index contributed by atoms with van der Waals surface area (Å²) in [6.45, 7) is 0.388. The summed E-state index contributed by atoms with van der Waals surface area (Å²) in [5, 5.41) is 4.56. The highest BCUT2D eigenvalue weighted by Gasteiger charge is 2.18. The van der Waals surface area contributed by atoms with Gasteiger partial charge in [-0.3, -0.25) is 9.59 Å². The van der Waals surface area contributed by atoms with Crippen molar-refractivity contribution >= 4 is 17.5 Å². The number of fused-ring (bicyclic) bond motifs is 1. The Morgan fingerprint density at radius 1 is 0.960 bits per heavy atom. The summed E-state index contributed by atoms with van der Waals surface area (Å²) in [5.41, 5.74) is 0.0180. The van der Waals surface area contributed by atoms with Crippen LogP contribution in [-0.4, -0.2) is 25.0 Å². The number of carbonyl (C=O) groups is 2. The summed E-state index contributed by atoms with van der Waals surface area (Å²) in [5.74, 6) is -2.58. The van der Waals surface area contributed by atoms with Crippen LogP contribution >= 0.6 is 0 Å². The zero-order valence-corrected chi connectivity index (χ0v) is 13.0. The van der Waals surface area contributed by atoms with E-state index in [2.05, 4.69) is 10.6 Å². The second-order valence-electron chi connectivity index (χ2n) is 5.20. The van der Waals surface area contributed by atoms with Crippen LogP contribution in [0.1, 0.15) is 5.56 Å². The van der Waals surface area contributed by atoms with Crippen molar-refractivity contribution in [2.75, 3.05) is 18.5 Å². The number of hydrogen-bond donors (Lipinski definition) is 2. The molecule has 0 fully saturated rings. The van der Waals surface area contributed by atoms with Crippen LogP contribution in [0.25, 0.3) is 0 Å². The van der Waals surface area contributed by atoms with Crippen LogP contribution in [0.5, 0.6) is 11.5 Å². The number of anilines is 1. The summed E-state index contributed by atoms with van der Waals surface area (Å²) >= 11 is 0. The van der Waals surface area contributed by atoms with E-state index in [0.717, 1.165) is 12.1 Å². The third-order valence-electron chi connectivity index (χ3n) is 3.49. The molecule has 25 heavy (non-hydrogen) atoms. The SMILES string of the molecule is O=C(NCc1c(F)cccc1F)C(=O)Nc1ccc2c(c1)OCCO2. The zero-order chi connectivity index (χ0) is 17.8. The highest BCUT2D eigenvalue weighted by Crippen LogP contribution is 2.32. The Balaban J connectivity index is 1.60. The fraction of sp³-hybridized carbons (Fsp3) is 0.176. The molecule has 6 nitrogen and oxygen atoms in total. The third kappa shape index (κ3) is 3.85. The van der Waals surface area contributed by atoms with Crippen molar-refractivity contribution in [3.05, 3.63) is 53.6 Å². The molecule has 0 spiro atoms. The zero-order valence-electron chi connectivity index (χ0n) is 13.0. The standard InChI is InChI=1S/C17H14F2N2O4/c18-12-2-1-3-13(19)11(12)9-20-16(22)17(23)21-10-4-5-14-15(8-10)25-7-6-24-14/h1-5,8H,6-7,9H2,(H,20,22)(H,21,23). The maximum atomic E-state index is 13.5. The predicted molar refractivity (Wildman–Crippen MR) is 84.3 cm³/mol. The molecule has 2 amide bonds. The number of halogens is 2. The van der Waals surface area contributed by atoms with E-state index in [1.165, 1.54) is 12.1 Å². The molecule has 2 N–H and O–H groups in total. The van der Waals surface area contributed by atoms with E-state index in [0.29, 0.717) is 30.4 Å². The number of hydrogen-bond acceptors (Lipinski definition) is 4. The maximum absolute atomic E-state index is 13.5. The van der Waals surface area contributed by atoms with Crippen molar-refractivity contribution in [3.63, 3.8) is 0 Å². The number of rotatable bonds is 3. The molecule has 0 saturated heterocycles. The molecule has 130 valence electrons. The van der Waals surface area contributed by atoms with Crippen molar-refractivity contribution in [2.45, 2.75) is 6.54 Å². The molecule has 1 heterocycles. The van der Waals surface area contributed by atoms with Gasteiger partial charge in [0, 0.05) is 23.9 Å². The first-order chi connectivity index (χ1) is 12.0. The minimum Gasteiger partial charge on any atom is -0.486 e. The lowest BCUT2D eigenvalue weighted by molar-refractivity contribution is -0.136. The number of carbonyl (C=O) groups excluding carboxylic acids is 2. The fourth-order valence-corrected chi connectivity index (χ4v) is 2.26. The van der Waals surface area contributed by atoms with Crippen LogP contribution in [0.4, 0.5) is 14.5 Å². The predicted octanol–water partition coefficient (Wildman–Crippen LogP) is 1.99. The Morgan fingerprint density at radius 2 is 1.64 bits per heavy atom. The van der Waals surface area contributed by atoms with E-state index in [1.54, 1.807) is 12.1 Å². The Labute approximate surface area is 141 Å².